The second-order valence-corrected chi connectivity index (χ2v) is 7.09. The summed E-state index contributed by atoms with van der Waals surface area (Å²) in [7, 11) is 1.32. The van der Waals surface area contributed by atoms with Crippen LogP contribution in [0.4, 0.5) is 14.6 Å². The Morgan fingerprint density at radius 2 is 2.00 bits per heavy atom. The van der Waals surface area contributed by atoms with Crippen LogP contribution in [0.25, 0.3) is 0 Å². The van der Waals surface area contributed by atoms with Crippen LogP contribution in [0.5, 0.6) is 11.5 Å². The Morgan fingerprint density at radius 1 is 1.27 bits per heavy atom. The van der Waals surface area contributed by atoms with E-state index in [4.69, 9.17) is 9.47 Å². The molecule has 30 heavy (non-hydrogen) atoms. The third kappa shape index (κ3) is 5.35. The molecule has 2 atom stereocenters. The first-order chi connectivity index (χ1) is 14.4. The summed E-state index contributed by atoms with van der Waals surface area (Å²) < 4.78 is 40.7. The summed E-state index contributed by atoms with van der Waals surface area (Å²) in [6.07, 6.45) is 1.94. The van der Waals surface area contributed by atoms with Gasteiger partial charge in [-0.15, -0.1) is 0 Å². The summed E-state index contributed by atoms with van der Waals surface area (Å²) in [5, 5.41) is 2.70. The van der Waals surface area contributed by atoms with Crippen molar-refractivity contribution in [3.63, 3.8) is 0 Å². The molecule has 1 aliphatic heterocycles. The van der Waals surface area contributed by atoms with Gasteiger partial charge in [0, 0.05) is 25.8 Å². The predicted molar refractivity (Wildman–Crippen MR) is 107 cm³/mol. The van der Waals surface area contributed by atoms with E-state index in [0.717, 1.165) is 24.5 Å². The molecule has 2 heterocycles. The molecule has 2 aromatic rings. The molecule has 162 valence electrons. The SMILES string of the molecule is COc1cccc(C(=O)NCc2ccc(N3CC(C)OC(C)C3)nc2)c1OC(F)F. The number of morpholine rings is 1. The fourth-order valence-electron chi connectivity index (χ4n) is 3.42. The van der Waals surface area contributed by atoms with Gasteiger partial charge in [-0.25, -0.2) is 4.98 Å². The molecule has 1 fully saturated rings. The zero-order chi connectivity index (χ0) is 21.7. The summed E-state index contributed by atoms with van der Waals surface area (Å²) in [5.41, 5.74) is 0.746. The number of halogens is 2. The summed E-state index contributed by atoms with van der Waals surface area (Å²) >= 11 is 0. The number of aromatic nitrogens is 1. The van der Waals surface area contributed by atoms with Gasteiger partial charge in [0.1, 0.15) is 5.82 Å². The molecule has 1 aromatic carbocycles. The van der Waals surface area contributed by atoms with E-state index in [1.165, 1.54) is 25.3 Å². The summed E-state index contributed by atoms with van der Waals surface area (Å²) in [6.45, 7) is 2.68. The molecule has 0 saturated carbocycles. The molecule has 1 saturated heterocycles. The molecular formula is C21H25F2N3O4. The van der Waals surface area contributed by atoms with Crippen molar-refractivity contribution in [2.45, 2.75) is 39.2 Å². The van der Waals surface area contributed by atoms with Crippen LogP contribution >= 0.6 is 0 Å². The van der Waals surface area contributed by atoms with Gasteiger partial charge in [0.2, 0.25) is 0 Å². The first kappa shape index (κ1) is 21.8. The normalized spacial score (nSPS) is 18.9. The molecular weight excluding hydrogens is 396 g/mol. The maximum Gasteiger partial charge on any atom is 0.387 e. The van der Waals surface area contributed by atoms with Crippen LogP contribution in [0.1, 0.15) is 29.8 Å². The van der Waals surface area contributed by atoms with Gasteiger partial charge in [-0.05, 0) is 37.6 Å². The average molecular weight is 421 g/mol. The highest BCUT2D eigenvalue weighted by atomic mass is 19.3. The molecule has 2 unspecified atom stereocenters. The smallest absolute Gasteiger partial charge is 0.387 e. The molecule has 1 aromatic heterocycles. The number of rotatable bonds is 7. The van der Waals surface area contributed by atoms with Crippen molar-refractivity contribution >= 4 is 11.7 Å². The van der Waals surface area contributed by atoms with Crippen molar-refractivity contribution in [3.8, 4) is 11.5 Å². The lowest BCUT2D eigenvalue weighted by atomic mass is 10.1. The Hall–Kier alpha value is -2.94. The van der Waals surface area contributed by atoms with Gasteiger partial charge in [0.05, 0.1) is 24.9 Å². The number of carbonyl (C=O) groups is 1. The Labute approximate surface area is 173 Å². The van der Waals surface area contributed by atoms with Gasteiger partial charge in [-0.1, -0.05) is 12.1 Å². The first-order valence-electron chi connectivity index (χ1n) is 9.62. The number of para-hydroxylation sites is 1. The molecule has 1 aliphatic rings. The number of methoxy groups -OCH3 is 1. The van der Waals surface area contributed by atoms with E-state index in [-0.39, 0.29) is 35.8 Å². The van der Waals surface area contributed by atoms with E-state index in [0.29, 0.717) is 0 Å². The van der Waals surface area contributed by atoms with Crippen molar-refractivity contribution in [1.29, 1.82) is 0 Å². The van der Waals surface area contributed by atoms with Crippen LogP contribution in [0.3, 0.4) is 0 Å². The average Bonchev–Trinajstić information content (AvgIpc) is 2.71. The monoisotopic (exact) mass is 421 g/mol. The van der Waals surface area contributed by atoms with Crippen LogP contribution in [-0.4, -0.2) is 49.9 Å². The summed E-state index contributed by atoms with van der Waals surface area (Å²) in [4.78, 5) is 19.2. The number of ether oxygens (including phenoxy) is 3. The van der Waals surface area contributed by atoms with Crippen LogP contribution in [0, 0.1) is 0 Å². The van der Waals surface area contributed by atoms with Gasteiger partial charge < -0.3 is 24.4 Å². The maximum atomic E-state index is 12.7. The Morgan fingerprint density at radius 3 is 2.60 bits per heavy atom. The van der Waals surface area contributed by atoms with Gasteiger partial charge >= 0.3 is 6.61 Å². The van der Waals surface area contributed by atoms with Crippen molar-refractivity contribution in [3.05, 3.63) is 47.7 Å². The number of nitrogens with one attached hydrogen (secondary N) is 1. The van der Waals surface area contributed by atoms with Crippen LogP contribution in [0.2, 0.25) is 0 Å². The van der Waals surface area contributed by atoms with Crippen LogP contribution < -0.4 is 19.7 Å². The van der Waals surface area contributed by atoms with Gasteiger partial charge in [-0.3, -0.25) is 4.79 Å². The van der Waals surface area contributed by atoms with Crippen LogP contribution in [-0.2, 0) is 11.3 Å². The third-order valence-corrected chi connectivity index (χ3v) is 4.66. The van der Waals surface area contributed by atoms with Gasteiger partial charge in [0.25, 0.3) is 5.91 Å². The topological polar surface area (TPSA) is 72.9 Å². The lowest BCUT2D eigenvalue weighted by Gasteiger charge is -2.36. The number of nitrogens with zero attached hydrogens (tertiary/aromatic N) is 2. The molecule has 0 radical (unpaired) electrons. The molecule has 1 amide bonds. The number of amides is 1. The maximum absolute atomic E-state index is 12.7. The molecule has 9 heteroatoms. The minimum absolute atomic E-state index is 0.0319. The predicted octanol–water partition coefficient (Wildman–Crippen LogP) is 3.24. The van der Waals surface area contributed by atoms with E-state index >= 15 is 0 Å². The highest BCUT2D eigenvalue weighted by Crippen LogP contribution is 2.32. The molecule has 3 rings (SSSR count). The lowest BCUT2D eigenvalue weighted by Crippen LogP contribution is -2.45. The zero-order valence-electron chi connectivity index (χ0n) is 17.1. The lowest BCUT2D eigenvalue weighted by molar-refractivity contribution is -0.0515. The minimum atomic E-state index is -3.07. The van der Waals surface area contributed by atoms with Crippen molar-refractivity contribution in [1.82, 2.24) is 10.3 Å². The molecule has 7 nitrogen and oxygen atoms in total. The number of pyridine rings is 1. The van der Waals surface area contributed by atoms with Crippen molar-refractivity contribution < 1.29 is 27.8 Å². The Kier molecular flexibility index (Phi) is 7.04. The summed E-state index contributed by atoms with van der Waals surface area (Å²) in [5.74, 6) is 0.0522. The second kappa shape index (κ2) is 9.71. The first-order valence-corrected chi connectivity index (χ1v) is 9.62. The number of benzene rings is 1. The van der Waals surface area contributed by atoms with Gasteiger partial charge in [0.15, 0.2) is 11.5 Å². The van der Waals surface area contributed by atoms with E-state index in [2.05, 4.69) is 19.9 Å². The number of hydrogen-bond donors (Lipinski definition) is 1. The largest absolute Gasteiger partial charge is 0.493 e. The van der Waals surface area contributed by atoms with E-state index in [1.54, 1.807) is 6.20 Å². The minimum Gasteiger partial charge on any atom is -0.493 e. The fourth-order valence-corrected chi connectivity index (χ4v) is 3.42. The third-order valence-electron chi connectivity index (χ3n) is 4.66. The number of alkyl halides is 2. The summed E-state index contributed by atoms with van der Waals surface area (Å²) in [6, 6.07) is 8.15. The van der Waals surface area contributed by atoms with E-state index in [9.17, 15) is 13.6 Å². The Balaban J connectivity index is 1.65. The highest BCUT2D eigenvalue weighted by molar-refractivity contribution is 5.97. The fraction of sp³-hybridized carbons (Fsp3) is 0.429. The number of anilines is 1. The highest BCUT2D eigenvalue weighted by Gasteiger charge is 2.23. The molecule has 0 bridgehead atoms. The quantitative estimate of drug-likeness (QED) is 0.740. The molecule has 0 aliphatic carbocycles. The van der Waals surface area contributed by atoms with Crippen LogP contribution in [0.15, 0.2) is 36.5 Å². The van der Waals surface area contributed by atoms with E-state index < -0.39 is 12.5 Å². The number of hydrogen-bond acceptors (Lipinski definition) is 6. The second-order valence-electron chi connectivity index (χ2n) is 7.09. The zero-order valence-corrected chi connectivity index (χ0v) is 17.1. The number of carbonyl (C=O) groups excluding carboxylic acids is 1. The molecule has 1 N–H and O–H groups in total. The van der Waals surface area contributed by atoms with Gasteiger partial charge in [-0.2, -0.15) is 8.78 Å². The molecule has 0 spiro atoms. The standard InChI is InChI=1S/C21H25F2N3O4/c1-13-11-26(12-14(2)29-13)18-8-7-15(9-24-18)10-25-20(27)16-5-4-6-17(28-3)19(16)30-21(22)23/h4-9,13-14,21H,10-12H2,1-3H3,(H,25,27). The van der Waals surface area contributed by atoms with Crippen molar-refractivity contribution in [2.24, 2.45) is 0 Å². The van der Waals surface area contributed by atoms with Crippen molar-refractivity contribution in [2.75, 3.05) is 25.1 Å². The Bertz CT molecular complexity index is 854. The van der Waals surface area contributed by atoms with E-state index in [1.807, 2.05) is 26.0 Å².